The molecule has 0 amide bonds. The van der Waals surface area contributed by atoms with E-state index in [1.54, 1.807) is 0 Å². The van der Waals surface area contributed by atoms with Crippen LogP contribution in [-0.2, 0) is 6.54 Å². The zero-order valence-corrected chi connectivity index (χ0v) is 10.3. The third-order valence-electron chi connectivity index (χ3n) is 2.47. The first kappa shape index (κ1) is 12.9. The SMILES string of the molecule is CCCCCCNCc1cnc(NC)nc1. The van der Waals surface area contributed by atoms with E-state index in [0.717, 1.165) is 18.7 Å². The number of hydrogen-bond donors (Lipinski definition) is 2. The van der Waals surface area contributed by atoms with Crippen molar-refractivity contribution in [3.63, 3.8) is 0 Å². The lowest BCUT2D eigenvalue weighted by atomic mass is 10.2. The summed E-state index contributed by atoms with van der Waals surface area (Å²) in [6, 6.07) is 0. The fourth-order valence-electron chi connectivity index (χ4n) is 1.48. The average molecular weight is 222 g/mol. The third kappa shape index (κ3) is 5.07. The highest BCUT2D eigenvalue weighted by atomic mass is 15.1. The first-order valence-corrected chi connectivity index (χ1v) is 6.06. The molecule has 0 unspecified atom stereocenters. The third-order valence-corrected chi connectivity index (χ3v) is 2.47. The predicted molar refractivity (Wildman–Crippen MR) is 67.4 cm³/mol. The van der Waals surface area contributed by atoms with Crippen molar-refractivity contribution < 1.29 is 0 Å². The second-order valence-corrected chi connectivity index (χ2v) is 3.90. The molecule has 90 valence electrons. The van der Waals surface area contributed by atoms with Gasteiger partial charge >= 0.3 is 0 Å². The molecule has 1 rings (SSSR count). The second kappa shape index (κ2) is 8.05. The van der Waals surface area contributed by atoms with Gasteiger partial charge in [-0.2, -0.15) is 0 Å². The van der Waals surface area contributed by atoms with Gasteiger partial charge in [-0.05, 0) is 13.0 Å². The standard InChI is InChI=1S/C12H22N4/c1-3-4-5-6-7-14-8-11-9-15-12(13-2)16-10-11/h9-10,14H,3-8H2,1-2H3,(H,13,15,16). The average Bonchev–Trinajstić information content (AvgIpc) is 2.34. The van der Waals surface area contributed by atoms with Crippen LogP contribution in [-0.4, -0.2) is 23.6 Å². The van der Waals surface area contributed by atoms with Crippen LogP contribution in [0, 0.1) is 0 Å². The molecule has 0 spiro atoms. The lowest BCUT2D eigenvalue weighted by Gasteiger charge is -2.04. The first-order chi connectivity index (χ1) is 7.86. The molecule has 0 saturated carbocycles. The van der Waals surface area contributed by atoms with Crippen LogP contribution in [0.15, 0.2) is 12.4 Å². The summed E-state index contributed by atoms with van der Waals surface area (Å²) in [6.07, 6.45) is 8.92. The predicted octanol–water partition coefficient (Wildman–Crippen LogP) is 2.19. The van der Waals surface area contributed by atoms with Gasteiger partial charge in [-0.1, -0.05) is 26.2 Å². The minimum absolute atomic E-state index is 0.673. The van der Waals surface area contributed by atoms with Crippen LogP contribution in [0.3, 0.4) is 0 Å². The molecule has 0 atom stereocenters. The number of aromatic nitrogens is 2. The summed E-state index contributed by atoms with van der Waals surface area (Å²) in [4.78, 5) is 8.33. The van der Waals surface area contributed by atoms with Gasteiger partial charge in [-0.15, -0.1) is 0 Å². The zero-order chi connectivity index (χ0) is 11.6. The molecule has 1 aromatic heterocycles. The molecular weight excluding hydrogens is 200 g/mol. The lowest BCUT2D eigenvalue weighted by Crippen LogP contribution is -2.15. The highest BCUT2D eigenvalue weighted by Crippen LogP contribution is 2.00. The molecular formula is C12H22N4. The molecule has 16 heavy (non-hydrogen) atoms. The van der Waals surface area contributed by atoms with Gasteiger partial charge in [0.25, 0.3) is 0 Å². The monoisotopic (exact) mass is 222 g/mol. The van der Waals surface area contributed by atoms with Crippen LogP contribution >= 0.6 is 0 Å². The maximum atomic E-state index is 4.16. The molecule has 0 aliphatic carbocycles. The van der Waals surface area contributed by atoms with Crippen LogP contribution in [0.5, 0.6) is 0 Å². The van der Waals surface area contributed by atoms with Gasteiger partial charge in [0.05, 0.1) is 0 Å². The number of anilines is 1. The maximum absolute atomic E-state index is 4.16. The Bertz CT molecular complexity index is 271. The second-order valence-electron chi connectivity index (χ2n) is 3.90. The number of nitrogens with zero attached hydrogens (tertiary/aromatic N) is 2. The fourth-order valence-corrected chi connectivity index (χ4v) is 1.48. The molecule has 0 bridgehead atoms. The summed E-state index contributed by atoms with van der Waals surface area (Å²) in [7, 11) is 1.82. The molecule has 1 aromatic rings. The molecule has 0 aromatic carbocycles. The molecule has 0 aliphatic rings. The van der Waals surface area contributed by atoms with Crippen molar-refractivity contribution in [2.75, 3.05) is 18.9 Å². The van der Waals surface area contributed by atoms with Crippen LogP contribution in [0.2, 0.25) is 0 Å². The van der Waals surface area contributed by atoms with E-state index in [4.69, 9.17) is 0 Å². The minimum atomic E-state index is 0.673. The van der Waals surface area contributed by atoms with Gasteiger partial charge in [0.2, 0.25) is 5.95 Å². The Morgan fingerprint density at radius 2 is 1.88 bits per heavy atom. The smallest absolute Gasteiger partial charge is 0.222 e. The summed E-state index contributed by atoms with van der Waals surface area (Å²) in [5, 5.41) is 6.30. The maximum Gasteiger partial charge on any atom is 0.222 e. The Morgan fingerprint density at radius 3 is 2.50 bits per heavy atom. The molecule has 0 fully saturated rings. The number of unbranched alkanes of at least 4 members (excludes halogenated alkanes) is 3. The van der Waals surface area contributed by atoms with Crippen molar-refractivity contribution in [2.24, 2.45) is 0 Å². The summed E-state index contributed by atoms with van der Waals surface area (Å²) in [5.41, 5.74) is 1.13. The van der Waals surface area contributed by atoms with Crippen molar-refractivity contribution >= 4 is 5.95 Å². The highest BCUT2D eigenvalue weighted by molar-refractivity contribution is 5.22. The van der Waals surface area contributed by atoms with E-state index in [-0.39, 0.29) is 0 Å². The van der Waals surface area contributed by atoms with E-state index in [1.165, 1.54) is 25.7 Å². The van der Waals surface area contributed by atoms with Crippen LogP contribution in [0.1, 0.15) is 38.2 Å². The molecule has 0 aliphatic heterocycles. The van der Waals surface area contributed by atoms with E-state index in [9.17, 15) is 0 Å². The molecule has 4 nitrogen and oxygen atoms in total. The fraction of sp³-hybridized carbons (Fsp3) is 0.667. The van der Waals surface area contributed by atoms with E-state index in [0.29, 0.717) is 5.95 Å². The van der Waals surface area contributed by atoms with Crippen molar-refractivity contribution in [2.45, 2.75) is 39.2 Å². The highest BCUT2D eigenvalue weighted by Gasteiger charge is 1.95. The van der Waals surface area contributed by atoms with Gasteiger partial charge in [0.15, 0.2) is 0 Å². The molecule has 2 N–H and O–H groups in total. The number of rotatable bonds is 8. The van der Waals surface area contributed by atoms with E-state index in [2.05, 4.69) is 27.5 Å². The minimum Gasteiger partial charge on any atom is -0.357 e. The van der Waals surface area contributed by atoms with Crippen molar-refractivity contribution in [1.29, 1.82) is 0 Å². The number of nitrogens with one attached hydrogen (secondary N) is 2. The summed E-state index contributed by atoms with van der Waals surface area (Å²) >= 11 is 0. The molecule has 1 heterocycles. The lowest BCUT2D eigenvalue weighted by molar-refractivity contribution is 0.597. The van der Waals surface area contributed by atoms with Crippen LogP contribution < -0.4 is 10.6 Å². The zero-order valence-electron chi connectivity index (χ0n) is 10.3. The summed E-state index contributed by atoms with van der Waals surface area (Å²) < 4.78 is 0. The Morgan fingerprint density at radius 1 is 1.12 bits per heavy atom. The van der Waals surface area contributed by atoms with Gasteiger partial charge in [-0.3, -0.25) is 0 Å². The molecule has 0 radical (unpaired) electrons. The normalized spacial score (nSPS) is 10.4. The van der Waals surface area contributed by atoms with E-state index >= 15 is 0 Å². The van der Waals surface area contributed by atoms with Gasteiger partial charge in [-0.25, -0.2) is 9.97 Å². The molecule has 4 heteroatoms. The van der Waals surface area contributed by atoms with E-state index in [1.807, 2.05) is 19.4 Å². The van der Waals surface area contributed by atoms with Crippen molar-refractivity contribution in [1.82, 2.24) is 15.3 Å². The Balaban J connectivity index is 2.12. The van der Waals surface area contributed by atoms with Gasteiger partial charge < -0.3 is 10.6 Å². The van der Waals surface area contributed by atoms with E-state index < -0.39 is 0 Å². The van der Waals surface area contributed by atoms with Crippen molar-refractivity contribution in [3.8, 4) is 0 Å². The van der Waals surface area contributed by atoms with Gasteiger partial charge in [0.1, 0.15) is 0 Å². The first-order valence-electron chi connectivity index (χ1n) is 6.06. The number of hydrogen-bond acceptors (Lipinski definition) is 4. The Hall–Kier alpha value is -1.16. The van der Waals surface area contributed by atoms with Crippen molar-refractivity contribution in [3.05, 3.63) is 18.0 Å². The van der Waals surface area contributed by atoms with Crippen LogP contribution in [0.25, 0.3) is 0 Å². The largest absolute Gasteiger partial charge is 0.357 e. The van der Waals surface area contributed by atoms with Gasteiger partial charge in [0, 0.05) is 31.5 Å². The molecule has 0 saturated heterocycles. The quantitative estimate of drug-likeness (QED) is 0.662. The van der Waals surface area contributed by atoms with Crippen LogP contribution in [0.4, 0.5) is 5.95 Å². The summed E-state index contributed by atoms with van der Waals surface area (Å²) in [5.74, 6) is 0.673. The Labute approximate surface area is 97.9 Å². The Kier molecular flexibility index (Phi) is 6.49. The summed E-state index contributed by atoms with van der Waals surface area (Å²) in [6.45, 7) is 4.16. The topological polar surface area (TPSA) is 49.8 Å².